The van der Waals surface area contributed by atoms with E-state index >= 15 is 0 Å². The number of nitrogens with two attached hydrogens (primary N) is 1. The van der Waals surface area contributed by atoms with Gasteiger partial charge in [-0.3, -0.25) is 9.69 Å². The number of alkyl halides is 3. The molecule has 3 N–H and O–H groups in total. The lowest BCUT2D eigenvalue weighted by Gasteiger charge is -2.42. The van der Waals surface area contributed by atoms with E-state index in [9.17, 15) is 18.0 Å². The van der Waals surface area contributed by atoms with Crippen LogP contribution in [0.15, 0.2) is 24.3 Å². The summed E-state index contributed by atoms with van der Waals surface area (Å²) in [5.74, 6) is -0.00118. The summed E-state index contributed by atoms with van der Waals surface area (Å²) in [7, 11) is 0. The Bertz CT molecular complexity index is 626. The van der Waals surface area contributed by atoms with E-state index in [0.717, 1.165) is 19.5 Å². The molecule has 1 atom stereocenters. The zero-order chi connectivity index (χ0) is 19.4. The first-order valence-electron chi connectivity index (χ1n) is 8.58. The van der Waals surface area contributed by atoms with Gasteiger partial charge in [-0.1, -0.05) is 26.0 Å². The SMILES string of the molecule is CC1(C)CN(CC(=O)NCc2cccc(OCC(F)(F)F)c2)CCC1N.Cl. The molecule has 0 saturated carbocycles. The van der Waals surface area contributed by atoms with Crippen LogP contribution in [0.25, 0.3) is 0 Å². The van der Waals surface area contributed by atoms with E-state index in [4.69, 9.17) is 10.5 Å². The number of nitrogens with one attached hydrogen (secondary N) is 1. The van der Waals surface area contributed by atoms with Crippen molar-refractivity contribution in [3.8, 4) is 5.75 Å². The molecule has 0 bridgehead atoms. The predicted molar refractivity (Wildman–Crippen MR) is 99.9 cm³/mol. The molecule has 0 aromatic heterocycles. The number of amides is 1. The lowest BCUT2D eigenvalue weighted by molar-refractivity contribution is -0.153. The van der Waals surface area contributed by atoms with E-state index in [1.807, 2.05) is 0 Å². The van der Waals surface area contributed by atoms with Gasteiger partial charge in [0.1, 0.15) is 5.75 Å². The van der Waals surface area contributed by atoms with Crippen LogP contribution < -0.4 is 15.8 Å². The quantitative estimate of drug-likeness (QED) is 0.758. The highest BCUT2D eigenvalue weighted by atomic mass is 35.5. The van der Waals surface area contributed by atoms with Gasteiger partial charge < -0.3 is 15.8 Å². The highest BCUT2D eigenvalue weighted by molar-refractivity contribution is 5.85. The molecule has 2 rings (SSSR count). The summed E-state index contributed by atoms with van der Waals surface area (Å²) in [5.41, 5.74) is 6.74. The monoisotopic (exact) mass is 409 g/mol. The zero-order valence-corrected chi connectivity index (χ0v) is 16.3. The number of carbonyl (C=O) groups is 1. The third kappa shape index (κ3) is 7.94. The molecule has 1 unspecified atom stereocenters. The van der Waals surface area contributed by atoms with Crippen molar-refractivity contribution in [1.29, 1.82) is 0 Å². The second-order valence-corrected chi connectivity index (χ2v) is 7.42. The van der Waals surface area contributed by atoms with Gasteiger partial charge in [0.05, 0.1) is 6.54 Å². The number of hydrogen-bond acceptors (Lipinski definition) is 4. The molecular formula is C18H27ClF3N3O2. The maximum absolute atomic E-state index is 12.2. The van der Waals surface area contributed by atoms with Crippen molar-refractivity contribution >= 4 is 18.3 Å². The molecule has 9 heteroatoms. The van der Waals surface area contributed by atoms with Crippen LogP contribution in [0.5, 0.6) is 5.75 Å². The molecule has 0 aliphatic carbocycles. The summed E-state index contributed by atoms with van der Waals surface area (Å²) in [6.45, 7) is 4.89. The number of likely N-dealkylation sites (tertiary alicyclic amines) is 1. The molecule has 1 fully saturated rings. The lowest BCUT2D eigenvalue weighted by Crippen LogP contribution is -2.54. The van der Waals surface area contributed by atoms with Crippen molar-refractivity contribution in [1.82, 2.24) is 10.2 Å². The molecule has 27 heavy (non-hydrogen) atoms. The Morgan fingerprint density at radius 3 is 2.74 bits per heavy atom. The molecule has 1 aliphatic rings. The highest BCUT2D eigenvalue weighted by Gasteiger charge is 2.33. The molecular weight excluding hydrogens is 383 g/mol. The van der Waals surface area contributed by atoms with Gasteiger partial charge in [-0.05, 0) is 29.5 Å². The van der Waals surface area contributed by atoms with Crippen molar-refractivity contribution in [2.24, 2.45) is 11.1 Å². The van der Waals surface area contributed by atoms with Crippen LogP contribution in [0, 0.1) is 5.41 Å². The topological polar surface area (TPSA) is 67.6 Å². The Morgan fingerprint density at radius 2 is 2.11 bits per heavy atom. The fourth-order valence-electron chi connectivity index (χ4n) is 2.99. The van der Waals surface area contributed by atoms with Gasteiger partial charge in [0.2, 0.25) is 5.91 Å². The molecule has 5 nitrogen and oxygen atoms in total. The van der Waals surface area contributed by atoms with Crippen molar-refractivity contribution in [2.75, 3.05) is 26.2 Å². The Hall–Kier alpha value is -1.51. The number of piperidine rings is 1. The number of halogens is 4. The molecule has 0 radical (unpaired) electrons. The van der Waals surface area contributed by atoms with E-state index < -0.39 is 12.8 Å². The van der Waals surface area contributed by atoms with Crippen molar-refractivity contribution in [3.63, 3.8) is 0 Å². The molecule has 1 saturated heterocycles. The molecule has 154 valence electrons. The van der Waals surface area contributed by atoms with Crippen LogP contribution >= 0.6 is 12.4 Å². The van der Waals surface area contributed by atoms with E-state index in [1.165, 1.54) is 12.1 Å². The van der Waals surface area contributed by atoms with Crippen molar-refractivity contribution in [3.05, 3.63) is 29.8 Å². The third-order valence-corrected chi connectivity index (χ3v) is 4.55. The Kier molecular flexibility index (Phi) is 8.38. The fraction of sp³-hybridized carbons (Fsp3) is 0.611. The van der Waals surface area contributed by atoms with Crippen LogP contribution in [0.1, 0.15) is 25.8 Å². The Balaban J connectivity index is 0.00000364. The van der Waals surface area contributed by atoms with Gasteiger partial charge in [-0.25, -0.2) is 0 Å². The zero-order valence-electron chi connectivity index (χ0n) is 15.5. The molecule has 1 aromatic rings. The molecule has 1 amide bonds. The Morgan fingerprint density at radius 1 is 1.41 bits per heavy atom. The summed E-state index contributed by atoms with van der Waals surface area (Å²) in [6.07, 6.45) is -3.53. The van der Waals surface area contributed by atoms with E-state index in [0.29, 0.717) is 5.56 Å². The smallest absolute Gasteiger partial charge is 0.422 e. The first-order chi connectivity index (χ1) is 12.0. The number of hydrogen-bond donors (Lipinski definition) is 2. The van der Waals surface area contributed by atoms with Crippen LogP contribution in [-0.2, 0) is 11.3 Å². The standard InChI is InChI=1S/C18H26F3N3O2.ClH/c1-17(2)11-24(7-6-15(17)22)10-16(25)23-9-13-4-3-5-14(8-13)26-12-18(19,20)21;/h3-5,8,15H,6-7,9-12,22H2,1-2H3,(H,23,25);1H. The average molecular weight is 410 g/mol. The summed E-state index contributed by atoms with van der Waals surface area (Å²) in [5, 5.41) is 2.79. The van der Waals surface area contributed by atoms with Gasteiger partial charge in [0.15, 0.2) is 6.61 Å². The van der Waals surface area contributed by atoms with Gasteiger partial charge in [-0.2, -0.15) is 13.2 Å². The van der Waals surface area contributed by atoms with Gasteiger partial charge in [0, 0.05) is 25.7 Å². The average Bonchev–Trinajstić information content (AvgIpc) is 2.54. The minimum absolute atomic E-state index is 0. The second-order valence-electron chi connectivity index (χ2n) is 7.42. The summed E-state index contributed by atoms with van der Waals surface area (Å²) < 4.78 is 41.3. The van der Waals surface area contributed by atoms with Crippen molar-refractivity contribution in [2.45, 2.75) is 39.0 Å². The summed E-state index contributed by atoms with van der Waals surface area (Å²) in [4.78, 5) is 14.2. The lowest BCUT2D eigenvalue weighted by atomic mass is 9.80. The minimum atomic E-state index is -4.38. The summed E-state index contributed by atoms with van der Waals surface area (Å²) >= 11 is 0. The van der Waals surface area contributed by atoms with Crippen LogP contribution in [0.4, 0.5) is 13.2 Å². The minimum Gasteiger partial charge on any atom is -0.484 e. The fourth-order valence-corrected chi connectivity index (χ4v) is 2.99. The number of rotatable bonds is 6. The Labute approximate surface area is 163 Å². The molecule has 0 spiro atoms. The van der Waals surface area contributed by atoms with Gasteiger partial charge in [0.25, 0.3) is 0 Å². The predicted octanol–water partition coefficient (Wildman–Crippen LogP) is 2.72. The van der Waals surface area contributed by atoms with Gasteiger partial charge >= 0.3 is 6.18 Å². The first kappa shape index (κ1) is 23.5. The normalized spacial score (nSPS) is 19.9. The van der Waals surface area contributed by atoms with E-state index in [2.05, 4.69) is 24.1 Å². The molecule has 1 heterocycles. The first-order valence-corrected chi connectivity index (χ1v) is 8.58. The third-order valence-electron chi connectivity index (χ3n) is 4.55. The van der Waals surface area contributed by atoms with Crippen LogP contribution in [0.3, 0.4) is 0 Å². The molecule has 1 aromatic carbocycles. The largest absolute Gasteiger partial charge is 0.484 e. The maximum atomic E-state index is 12.2. The highest BCUT2D eigenvalue weighted by Crippen LogP contribution is 2.27. The van der Waals surface area contributed by atoms with Crippen molar-refractivity contribution < 1.29 is 22.7 Å². The number of benzene rings is 1. The number of ether oxygens (including phenoxy) is 1. The summed E-state index contributed by atoms with van der Waals surface area (Å²) in [6, 6.07) is 6.40. The number of carbonyl (C=O) groups excluding carboxylic acids is 1. The maximum Gasteiger partial charge on any atom is 0.422 e. The molecule has 1 aliphatic heterocycles. The van der Waals surface area contributed by atoms with Crippen LogP contribution in [-0.4, -0.2) is 49.3 Å². The van der Waals surface area contributed by atoms with Crippen LogP contribution in [0.2, 0.25) is 0 Å². The van der Waals surface area contributed by atoms with E-state index in [1.54, 1.807) is 12.1 Å². The number of nitrogens with zero attached hydrogens (tertiary/aromatic N) is 1. The van der Waals surface area contributed by atoms with E-state index in [-0.39, 0.29) is 48.6 Å². The van der Waals surface area contributed by atoms with Gasteiger partial charge in [-0.15, -0.1) is 12.4 Å². The second kappa shape index (κ2) is 9.61.